The summed E-state index contributed by atoms with van der Waals surface area (Å²) in [5, 5.41) is 11.5. The van der Waals surface area contributed by atoms with Gasteiger partial charge in [0.15, 0.2) is 5.82 Å². The number of aromatic nitrogens is 5. The lowest BCUT2D eigenvalue weighted by Gasteiger charge is -2.32. The van der Waals surface area contributed by atoms with Gasteiger partial charge in [0, 0.05) is 18.7 Å². The van der Waals surface area contributed by atoms with E-state index in [1.165, 1.54) is 0 Å². The largest absolute Gasteiger partial charge is 0.496 e. The molecule has 0 N–H and O–H groups in total. The molecule has 0 bridgehead atoms. The molecule has 0 atom stereocenters. The first-order chi connectivity index (χ1) is 10.7. The van der Waals surface area contributed by atoms with Crippen LogP contribution in [0, 0.1) is 0 Å². The monoisotopic (exact) mass is 317 g/mol. The van der Waals surface area contributed by atoms with E-state index >= 15 is 0 Å². The number of rotatable bonds is 3. The van der Waals surface area contributed by atoms with Gasteiger partial charge >= 0.3 is 7.12 Å². The normalized spacial score (nSPS) is 19.1. The van der Waals surface area contributed by atoms with Crippen molar-refractivity contribution in [3.63, 3.8) is 0 Å². The highest BCUT2D eigenvalue weighted by molar-refractivity contribution is 6.62. The fraction of sp³-hybridized carbons (Fsp3) is 0.571. The molecule has 0 spiro atoms. The summed E-state index contributed by atoms with van der Waals surface area (Å²) in [7, 11) is 2.82. The first-order valence-corrected chi connectivity index (χ1v) is 7.37. The minimum Gasteiger partial charge on any atom is -0.480 e. The van der Waals surface area contributed by atoms with E-state index in [4.69, 9.17) is 14.0 Å². The molecule has 8 nitrogen and oxygen atoms in total. The summed E-state index contributed by atoms with van der Waals surface area (Å²) < 4.78 is 19.0. The molecule has 1 aliphatic rings. The van der Waals surface area contributed by atoms with Crippen LogP contribution in [-0.4, -0.2) is 50.6 Å². The third-order valence-corrected chi connectivity index (χ3v) is 4.45. The maximum absolute atomic E-state index is 6.06. The maximum Gasteiger partial charge on any atom is 0.496 e. The number of hydrogen-bond donors (Lipinski definition) is 0. The molecule has 1 fully saturated rings. The first kappa shape index (κ1) is 15.9. The van der Waals surface area contributed by atoms with Gasteiger partial charge in [-0.05, 0) is 44.2 Å². The van der Waals surface area contributed by atoms with Gasteiger partial charge in [0.05, 0.1) is 23.9 Å². The molecule has 0 aromatic carbocycles. The van der Waals surface area contributed by atoms with Gasteiger partial charge in [-0.25, -0.2) is 9.67 Å². The van der Waals surface area contributed by atoms with Crippen LogP contribution in [0.2, 0.25) is 0 Å². The maximum atomic E-state index is 6.06. The third kappa shape index (κ3) is 2.59. The van der Waals surface area contributed by atoms with E-state index in [0.717, 1.165) is 5.46 Å². The van der Waals surface area contributed by atoms with Gasteiger partial charge in [-0.1, -0.05) is 0 Å². The van der Waals surface area contributed by atoms with E-state index < -0.39 is 18.3 Å². The Morgan fingerprint density at radius 3 is 2.35 bits per heavy atom. The van der Waals surface area contributed by atoms with E-state index in [0.29, 0.717) is 17.3 Å². The van der Waals surface area contributed by atoms with Crippen LogP contribution in [0.25, 0.3) is 11.4 Å². The quantitative estimate of drug-likeness (QED) is 0.766. The van der Waals surface area contributed by atoms with Crippen molar-refractivity contribution in [3.8, 4) is 17.3 Å². The SMILES string of the molecule is COc1ncc(B2OC(C)(C)C(C)(C)O2)cc1-c1nnnn1C. The van der Waals surface area contributed by atoms with Crippen LogP contribution in [0.1, 0.15) is 27.7 Å². The molecule has 1 saturated heterocycles. The Balaban J connectivity index is 2.02. The van der Waals surface area contributed by atoms with E-state index in [-0.39, 0.29) is 0 Å². The first-order valence-electron chi connectivity index (χ1n) is 7.37. The van der Waals surface area contributed by atoms with Crippen molar-refractivity contribution in [1.29, 1.82) is 0 Å². The molecule has 0 unspecified atom stereocenters. The minimum absolute atomic E-state index is 0.413. The molecule has 0 amide bonds. The molecule has 2 aromatic heterocycles. The number of tetrazole rings is 1. The number of methoxy groups -OCH3 is 1. The van der Waals surface area contributed by atoms with Gasteiger partial charge in [-0.2, -0.15) is 0 Å². The number of hydrogen-bond acceptors (Lipinski definition) is 7. The van der Waals surface area contributed by atoms with Crippen molar-refractivity contribution in [2.75, 3.05) is 7.11 Å². The summed E-state index contributed by atoms with van der Waals surface area (Å²) in [6, 6.07) is 1.89. The summed E-state index contributed by atoms with van der Waals surface area (Å²) in [4.78, 5) is 4.34. The van der Waals surface area contributed by atoms with Crippen LogP contribution in [-0.2, 0) is 16.4 Å². The molecule has 3 rings (SSSR count). The molecular weight excluding hydrogens is 297 g/mol. The summed E-state index contributed by atoms with van der Waals surface area (Å²) in [5.41, 5.74) is 0.656. The summed E-state index contributed by atoms with van der Waals surface area (Å²) >= 11 is 0. The number of aryl methyl sites for hydroxylation is 1. The van der Waals surface area contributed by atoms with E-state index in [9.17, 15) is 0 Å². The van der Waals surface area contributed by atoms with Crippen molar-refractivity contribution >= 4 is 12.6 Å². The van der Waals surface area contributed by atoms with Crippen LogP contribution in [0.15, 0.2) is 12.3 Å². The Morgan fingerprint density at radius 2 is 1.83 bits per heavy atom. The molecule has 0 aliphatic carbocycles. The molecule has 3 heterocycles. The Morgan fingerprint density at radius 1 is 1.17 bits per heavy atom. The fourth-order valence-corrected chi connectivity index (χ4v) is 2.36. The second-order valence-electron chi connectivity index (χ2n) is 6.54. The minimum atomic E-state index is -0.502. The average molecular weight is 317 g/mol. The molecule has 122 valence electrons. The number of pyridine rings is 1. The highest BCUT2D eigenvalue weighted by Gasteiger charge is 2.52. The van der Waals surface area contributed by atoms with Crippen LogP contribution in [0.4, 0.5) is 0 Å². The van der Waals surface area contributed by atoms with Gasteiger partial charge in [-0.15, -0.1) is 5.10 Å². The summed E-state index contributed by atoms with van der Waals surface area (Å²) in [5.74, 6) is 1.01. The zero-order valence-electron chi connectivity index (χ0n) is 14.2. The Kier molecular flexibility index (Phi) is 3.64. The van der Waals surface area contributed by atoms with Crippen molar-refractivity contribution < 1.29 is 14.0 Å². The fourth-order valence-electron chi connectivity index (χ4n) is 2.36. The van der Waals surface area contributed by atoms with Gasteiger partial charge in [-0.3, -0.25) is 0 Å². The van der Waals surface area contributed by atoms with Gasteiger partial charge in [0.1, 0.15) is 0 Å². The van der Waals surface area contributed by atoms with E-state index in [2.05, 4.69) is 20.5 Å². The highest BCUT2D eigenvalue weighted by Crippen LogP contribution is 2.37. The van der Waals surface area contributed by atoms with E-state index in [1.807, 2.05) is 33.8 Å². The van der Waals surface area contributed by atoms with Crippen LogP contribution in [0.5, 0.6) is 5.88 Å². The van der Waals surface area contributed by atoms with Crippen molar-refractivity contribution in [1.82, 2.24) is 25.2 Å². The predicted molar refractivity (Wildman–Crippen MR) is 84.3 cm³/mol. The molecule has 23 heavy (non-hydrogen) atoms. The van der Waals surface area contributed by atoms with E-state index in [1.54, 1.807) is 25.0 Å². The second-order valence-corrected chi connectivity index (χ2v) is 6.54. The molecule has 1 aliphatic heterocycles. The predicted octanol–water partition coefficient (Wildman–Crippen LogP) is 0.580. The highest BCUT2D eigenvalue weighted by atomic mass is 16.7. The topological polar surface area (TPSA) is 84.2 Å². The van der Waals surface area contributed by atoms with Gasteiger partial charge < -0.3 is 14.0 Å². The standard InChI is InChI=1S/C14H20BN5O3/c1-13(2)14(3,4)23-15(22-13)9-7-10(12(21-6)16-8-9)11-17-18-19-20(11)5/h7-8H,1-6H3. The van der Waals surface area contributed by atoms with Crippen molar-refractivity contribution in [2.24, 2.45) is 7.05 Å². The van der Waals surface area contributed by atoms with Crippen LogP contribution >= 0.6 is 0 Å². The molecule has 0 saturated carbocycles. The summed E-state index contributed by atoms with van der Waals surface area (Å²) in [6.45, 7) is 8.05. The van der Waals surface area contributed by atoms with Crippen molar-refractivity contribution in [2.45, 2.75) is 38.9 Å². The second kappa shape index (κ2) is 5.28. The Bertz CT molecular complexity index is 715. The lowest BCUT2D eigenvalue weighted by atomic mass is 9.79. The van der Waals surface area contributed by atoms with Gasteiger partial charge in [0.2, 0.25) is 5.88 Å². The Hall–Kier alpha value is -2.00. The van der Waals surface area contributed by atoms with Gasteiger partial charge in [0.25, 0.3) is 0 Å². The van der Waals surface area contributed by atoms with Crippen LogP contribution < -0.4 is 10.2 Å². The zero-order valence-corrected chi connectivity index (χ0v) is 14.2. The zero-order chi connectivity index (χ0) is 16.8. The number of nitrogens with zero attached hydrogens (tertiary/aromatic N) is 5. The molecular formula is C14H20BN5O3. The Labute approximate surface area is 135 Å². The smallest absolute Gasteiger partial charge is 0.480 e. The summed E-state index contributed by atoms with van der Waals surface area (Å²) in [6.07, 6.45) is 1.69. The average Bonchev–Trinajstić information content (AvgIpc) is 2.99. The molecule has 9 heteroatoms. The molecule has 2 aromatic rings. The van der Waals surface area contributed by atoms with Crippen LogP contribution in [0.3, 0.4) is 0 Å². The lowest BCUT2D eigenvalue weighted by molar-refractivity contribution is 0.00578. The lowest BCUT2D eigenvalue weighted by Crippen LogP contribution is -2.41. The van der Waals surface area contributed by atoms with Crippen molar-refractivity contribution in [3.05, 3.63) is 12.3 Å². The molecule has 0 radical (unpaired) electrons. The third-order valence-electron chi connectivity index (χ3n) is 4.45. The number of ether oxygens (including phenoxy) is 1.